The molecule has 2 aromatic rings. The number of rotatable bonds is 4. The minimum atomic E-state index is -1.00. The van der Waals surface area contributed by atoms with Gasteiger partial charge in [-0.3, -0.25) is 4.98 Å². The number of carbonyl (C=O) groups is 1. The Kier molecular flexibility index (Phi) is 3.75. The molecule has 0 unspecified atom stereocenters. The van der Waals surface area contributed by atoms with Crippen LogP contribution in [-0.4, -0.2) is 16.1 Å². The molecule has 0 aliphatic rings. The molecule has 0 aliphatic heterocycles. The molecule has 0 amide bonds. The van der Waals surface area contributed by atoms with Crippen molar-refractivity contribution in [3.63, 3.8) is 0 Å². The predicted octanol–water partition coefficient (Wildman–Crippen LogP) is 3.18. The molecule has 2 rings (SSSR count). The van der Waals surface area contributed by atoms with Crippen molar-refractivity contribution in [2.75, 3.05) is 0 Å². The lowest BCUT2D eigenvalue weighted by Gasteiger charge is -2.08. The van der Waals surface area contributed by atoms with E-state index in [2.05, 4.69) is 20.9 Å². The van der Waals surface area contributed by atoms with E-state index < -0.39 is 5.97 Å². The third-order valence-electron chi connectivity index (χ3n) is 2.03. The summed E-state index contributed by atoms with van der Waals surface area (Å²) < 4.78 is 6.26. The van der Waals surface area contributed by atoms with E-state index in [4.69, 9.17) is 9.84 Å². The summed E-state index contributed by atoms with van der Waals surface area (Å²) in [6, 6.07) is 4.82. The fourth-order valence-corrected chi connectivity index (χ4v) is 2.10. The highest BCUT2D eigenvalue weighted by Crippen LogP contribution is 2.25. The number of hydrogen-bond acceptors (Lipinski definition) is 4. The third-order valence-corrected chi connectivity index (χ3v) is 3.27. The second-order valence-electron chi connectivity index (χ2n) is 3.20. The van der Waals surface area contributed by atoms with Crippen LogP contribution in [0.3, 0.4) is 0 Å². The smallest absolute Gasteiger partial charge is 0.339 e. The van der Waals surface area contributed by atoms with E-state index in [1.54, 1.807) is 23.8 Å². The maximum Gasteiger partial charge on any atom is 0.339 e. The van der Waals surface area contributed by atoms with Crippen molar-refractivity contribution in [3.8, 4) is 5.75 Å². The zero-order chi connectivity index (χ0) is 12.3. The molecule has 1 aromatic carbocycles. The summed E-state index contributed by atoms with van der Waals surface area (Å²) in [6.45, 7) is 0.321. The van der Waals surface area contributed by atoms with Gasteiger partial charge >= 0.3 is 5.97 Å². The standard InChI is InChI=1S/C11H8BrNO3S/c12-7-1-2-9(11(14)15)10(3-7)16-5-8-4-13-6-17-8/h1-4,6H,5H2,(H,14,15). The van der Waals surface area contributed by atoms with Gasteiger partial charge in [0.05, 0.1) is 10.4 Å². The number of nitrogens with zero attached hydrogens (tertiary/aromatic N) is 1. The summed E-state index contributed by atoms with van der Waals surface area (Å²) in [5.74, 6) is -0.655. The van der Waals surface area contributed by atoms with E-state index in [0.717, 1.165) is 9.35 Å². The molecule has 4 nitrogen and oxygen atoms in total. The van der Waals surface area contributed by atoms with E-state index in [1.165, 1.54) is 17.4 Å². The number of halogens is 1. The Morgan fingerprint density at radius 1 is 1.53 bits per heavy atom. The van der Waals surface area contributed by atoms with Crippen LogP contribution in [0.4, 0.5) is 0 Å². The first-order valence-corrected chi connectivity index (χ1v) is 6.37. The van der Waals surface area contributed by atoms with Crippen molar-refractivity contribution in [1.82, 2.24) is 4.98 Å². The van der Waals surface area contributed by atoms with Gasteiger partial charge in [-0.25, -0.2) is 4.79 Å². The molecule has 0 bridgehead atoms. The van der Waals surface area contributed by atoms with Gasteiger partial charge in [-0.1, -0.05) is 15.9 Å². The summed E-state index contributed by atoms with van der Waals surface area (Å²) in [5.41, 5.74) is 1.86. The number of ether oxygens (including phenoxy) is 1. The fraction of sp³-hybridized carbons (Fsp3) is 0.0909. The molecular weight excluding hydrogens is 306 g/mol. The lowest BCUT2D eigenvalue weighted by Crippen LogP contribution is -2.02. The number of carboxylic acids is 1. The van der Waals surface area contributed by atoms with Gasteiger partial charge in [-0.2, -0.15) is 0 Å². The van der Waals surface area contributed by atoms with Gasteiger partial charge in [-0.15, -0.1) is 11.3 Å². The van der Waals surface area contributed by atoms with E-state index in [1.807, 2.05) is 0 Å². The van der Waals surface area contributed by atoms with Gasteiger partial charge in [0, 0.05) is 10.7 Å². The molecule has 0 fully saturated rings. The number of aromatic nitrogens is 1. The fourth-order valence-electron chi connectivity index (χ4n) is 1.25. The summed E-state index contributed by atoms with van der Waals surface area (Å²) in [7, 11) is 0. The Labute approximate surface area is 110 Å². The Morgan fingerprint density at radius 3 is 3.00 bits per heavy atom. The molecule has 0 aliphatic carbocycles. The van der Waals surface area contributed by atoms with Gasteiger partial charge in [0.2, 0.25) is 0 Å². The predicted molar refractivity (Wildman–Crippen MR) is 67.5 cm³/mol. The van der Waals surface area contributed by atoms with Crippen LogP contribution in [0.5, 0.6) is 5.75 Å². The van der Waals surface area contributed by atoms with Crippen molar-refractivity contribution in [2.45, 2.75) is 6.61 Å². The maximum absolute atomic E-state index is 11.0. The minimum Gasteiger partial charge on any atom is -0.487 e. The summed E-state index contributed by atoms with van der Waals surface area (Å²) in [4.78, 5) is 15.9. The molecule has 0 saturated carbocycles. The third kappa shape index (κ3) is 3.04. The lowest BCUT2D eigenvalue weighted by atomic mass is 10.2. The highest BCUT2D eigenvalue weighted by Gasteiger charge is 2.11. The molecule has 0 radical (unpaired) electrons. The van der Waals surface area contributed by atoms with Gasteiger partial charge in [-0.05, 0) is 18.2 Å². The van der Waals surface area contributed by atoms with Gasteiger partial charge in [0.25, 0.3) is 0 Å². The minimum absolute atomic E-state index is 0.151. The average Bonchev–Trinajstić information content (AvgIpc) is 2.78. The molecule has 6 heteroatoms. The van der Waals surface area contributed by atoms with Crippen LogP contribution in [0, 0.1) is 0 Å². The lowest BCUT2D eigenvalue weighted by molar-refractivity contribution is 0.0692. The highest BCUT2D eigenvalue weighted by atomic mass is 79.9. The summed E-state index contributed by atoms with van der Waals surface area (Å²) in [6.07, 6.45) is 1.70. The molecule has 1 aromatic heterocycles. The normalized spacial score (nSPS) is 10.2. The Balaban J connectivity index is 2.19. The quantitative estimate of drug-likeness (QED) is 0.941. The Hall–Kier alpha value is -1.40. The van der Waals surface area contributed by atoms with Crippen LogP contribution in [0.2, 0.25) is 0 Å². The first-order chi connectivity index (χ1) is 8.16. The maximum atomic E-state index is 11.0. The molecule has 1 heterocycles. The number of thiazole rings is 1. The average molecular weight is 314 g/mol. The molecule has 0 atom stereocenters. The van der Waals surface area contributed by atoms with Crippen molar-refractivity contribution in [2.24, 2.45) is 0 Å². The SMILES string of the molecule is O=C(O)c1ccc(Br)cc1OCc1cncs1. The Morgan fingerprint density at radius 2 is 2.35 bits per heavy atom. The monoisotopic (exact) mass is 313 g/mol. The highest BCUT2D eigenvalue weighted by molar-refractivity contribution is 9.10. The molecule has 0 saturated heterocycles. The van der Waals surface area contributed by atoms with Crippen LogP contribution in [0.15, 0.2) is 34.4 Å². The van der Waals surface area contributed by atoms with Crippen molar-refractivity contribution in [3.05, 3.63) is 44.8 Å². The zero-order valence-corrected chi connectivity index (χ0v) is 11.0. The van der Waals surface area contributed by atoms with E-state index in [9.17, 15) is 4.79 Å². The molecule has 88 valence electrons. The van der Waals surface area contributed by atoms with Crippen LogP contribution in [-0.2, 0) is 6.61 Å². The summed E-state index contributed by atoms with van der Waals surface area (Å²) >= 11 is 4.75. The number of benzene rings is 1. The number of carboxylic acid groups (broad SMARTS) is 1. The molecule has 0 spiro atoms. The number of hydrogen-bond donors (Lipinski definition) is 1. The number of aromatic carboxylic acids is 1. The van der Waals surface area contributed by atoms with Gasteiger partial charge < -0.3 is 9.84 Å². The first-order valence-electron chi connectivity index (χ1n) is 4.70. The second-order valence-corrected chi connectivity index (χ2v) is 5.09. The van der Waals surface area contributed by atoms with Crippen LogP contribution >= 0.6 is 27.3 Å². The van der Waals surface area contributed by atoms with Crippen molar-refractivity contribution >= 4 is 33.2 Å². The topological polar surface area (TPSA) is 59.4 Å². The van der Waals surface area contributed by atoms with Crippen molar-refractivity contribution in [1.29, 1.82) is 0 Å². The van der Waals surface area contributed by atoms with Crippen LogP contribution in [0.1, 0.15) is 15.2 Å². The van der Waals surface area contributed by atoms with Gasteiger partial charge in [0.15, 0.2) is 0 Å². The Bertz CT molecular complexity index is 528. The van der Waals surface area contributed by atoms with Crippen molar-refractivity contribution < 1.29 is 14.6 Å². The largest absolute Gasteiger partial charge is 0.487 e. The van der Waals surface area contributed by atoms with Crippen LogP contribution < -0.4 is 4.74 Å². The van der Waals surface area contributed by atoms with Gasteiger partial charge in [0.1, 0.15) is 17.9 Å². The van der Waals surface area contributed by atoms with E-state index in [-0.39, 0.29) is 5.56 Å². The zero-order valence-electron chi connectivity index (χ0n) is 8.59. The molecule has 17 heavy (non-hydrogen) atoms. The summed E-state index contributed by atoms with van der Waals surface area (Å²) in [5, 5.41) is 9.01. The van der Waals surface area contributed by atoms with Crippen LogP contribution in [0.25, 0.3) is 0 Å². The second kappa shape index (κ2) is 5.29. The molecular formula is C11H8BrNO3S. The first kappa shape index (κ1) is 12.1. The molecule has 1 N–H and O–H groups in total. The van der Waals surface area contributed by atoms with E-state index in [0.29, 0.717) is 12.4 Å². The van der Waals surface area contributed by atoms with E-state index >= 15 is 0 Å².